The second-order valence-corrected chi connectivity index (χ2v) is 4.40. The fourth-order valence-corrected chi connectivity index (χ4v) is 2.15. The number of H-pyrrole nitrogens is 1. The minimum Gasteiger partial charge on any atom is -0.478 e. The number of carbonyl (C=O) groups is 1. The summed E-state index contributed by atoms with van der Waals surface area (Å²) in [6.07, 6.45) is 0. The molecule has 2 aromatic carbocycles. The van der Waals surface area contributed by atoms with Crippen LogP contribution < -0.4 is 11.4 Å². The van der Waals surface area contributed by atoms with Gasteiger partial charge in [-0.1, -0.05) is 6.07 Å². The molecule has 0 aliphatic rings. The summed E-state index contributed by atoms with van der Waals surface area (Å²) in [6, 6.07) is 11.3. The highest BCUT2D eigenvalue weighted by Crippen LogP contribution is 2.19. The number of aromatic amines is 1. The third-order valence-electron chi connectivity index (χ3n) is 3.06. The summed E-state index contributed by atoms with van der Waals surface area (Å²) >= 11 is 0. The number of fused-ring (bicyclic) bond motifs is 1. The van der Waals surface area contributed by atoms with Crippen molar-refractivity contribution in [2.45, 2.75) is 0 Å². The fraction of sp³-hybridized carbons (Fsp3) is 0. The summed E-state index contributed by atoms with van der Waals surface area (Å²) in [4.78, 5) is 25.8. The van der Waals surface area contributed by atoms with Crippen molar-refractivity contribution in [2.75, 3.05) is 5.73 Å². The Morgan fingerprint density at radius 3 is 2.75 bits per heavy atom. The van der Waals surface area contributed by atoms with Gasteiger partial charge in [0.25, 0.3) is 0 Å². The summed E-state index contributed by atoms with van der Waals surface area (Å²) in [5.74, 6) is -1.04. The van der Waals surface area contributed by atoms with E-state index in [1.165, 1.54) is 16.7 Å². The zero-order valence-electron chi connectivity index (χ0n) is 10.3. The van der Waals surface area contributed by atoms with E-state index in [2.05, 4.69) is 4.98 Å². The number of aromatic nitrogens is 2. The SMILES string of the molecule is Nc1ccc2[nH]c(=O)n(-c3cccc(C(=O)O)c3)c2c1. The highest BCUT2D eigenvalue weighted by Gasteiger charge is 2.11. The van der Waals surface area contributed by atoms with Crippen LogP contribution in [0.25, 0.3) is 16.7 Å². The van der Waals surface area contributed by atoms with Gasteiger partial charge in [-0.2, -0.15) is 0 Å². The molecule has 0 amide bonds. The predicted octanol–water partition coefficient (Wildman–Crippen LogP) is 1.60. The molecular formula is C14H11N3O3. The quantitative estimate of drug-likeness (QED) is 0.615. The van der Waals surface area contributed by atoms with Gasteiger partial charge in [0.2, 0.25) is 0 Å². The van der Waals surface area contributed by atoms with Crippen molar-refractivity contribution in [3.8, 4) is 5.69 Å². The molecule has 1 aromatic heterocycles. The molecule has 6 nitrogen and oxygen atoms in total. The van der Waals surface area contributed by atoms with Crippen molar-refractivity contribution in [2.24, 2.45) is 0 Å². The first-order chi connectivity index (χ1) is 9.56. The van der Waals surface area contributed by atoms with Crippen molar-refractivity contribution in [3.05, 3.63) is 58.5 Å². The second kappa shape index (κ2) is 4.27. The number of nitrogens with zero attached hydrogens (tertiary/aromatic N) is 1. The van der Waals surface area contributed by atoms with Crippen molar-refractivity contribution in [1.29, 1.82) is 0 Å². The number of benzene rings is 2. The third kappa shape index (κ3) is 1.83. The number of nitrogens with two attached hydrogens (primary N) is 1. The maximum absolute atomic E-state index is 12.1. The number of aromatic carboxylic acids is 1. The van der Waals surface area contributed by atoms with E-state index >= 15 is 0 Å². The van der Waals surface area contributed by atoms with Crippen molar-refractivity contribution < 1.29 is 9.90 Å². The highest BCUT2D eigenvalue weighted by atomic mass is 16.4. The van der Waals surface area contributed by atoms with Crippen LogP contribution >= 0.6 is 0 Å². The third-order valence-corrected chi connectivity index (χ3v) is 3.06. The largest absolute Gasteiger partial charge is 0.478 e. The van der Waals surface area contributed by atoms with Crippen LogP contribution in [-0.4, -0.2) is 20.6 Å². The summed E-state index contributed by atoms with van der Waals surface area (Å²) in [6.45, 7) is 0. The summed E-state index contributed by atoms with van der Waals surface area (Å²) in [7, 11) is 0. The van der Waals surface area contributed by atoms with Gasteiger partial charge in [0, 0.05) is 5.69 Å². The number of nitrogen functional groups attached to an aromatic ring is 1. The number of carboxylic acids is 1. The van der Waals surface area contributed by atoms with Crippen LogP contribution in [0.3, 0.4) is 0 Å². The predicted molar refractivity (Wildman–Crippen MR) is 75.3 cm³/mol. The van der Waals surface area contributed by atoms with Gasteiger partial charge in [-0.25, -0.2) is 9.59 Å². The molecule has 3 rings (SSSR count). The molecule has 1 heterocycles. The molecule has 0 saturated heterocycles. The number of nitrogens with one attached hydrogen (secondary N) is 1. The Balaban J connectivity index is 2.31. The summed E-state index contributed by atoms with van der Waals surface area (Å²) in [5.41, 5.74) is 7.77. The lowest BCUT2D eigenvalue weighted by Crippen LogP contribution is -2.15. The van der Waals surface area contributed by atoms with Crippen molar-refractivity contribution in [3.63, 3.8) is 0 Å². The number of rotatable bonds is 2. The van der Waals surface area contributed by atoms with E-state index in [0.29, 0.717) is 22.4 Å². The Hall–Kier alpha value is -3.02. The average Bonchev–Trinajstić information content (AvgIpc) is 2.74. The Bertz CT molecular complexity index is 877. The van der Waals surface area contributed by atoms with E-state index in [1.54, 1.807) is 30.3 Å². The molecule has 0 bridgehead atoms. The standard InChI is InChI=1S/C14H11N3O3/c15-9-4-5-11-12(7-9)17(14(20)16-11)10-3-1-2-8(6-10)13(18)19/h1-7H,15H2,(H,16,20)(H,18,19). The summed E-state index contributed by atoms with van der Waals surface area (Å²) < 4.78 is 1.40. The normalized spacial score (nSPS) is 10.8. The molecule has 0 radical (unpaired) electrons. The Morgan fingerprint density at radius 2 is 2.00 bits per heavy atom. The van der Waals surface area contributed by atoms with E-state index in [0.717, 1.165) is 0 Å². The van der Waals surface area contributed by atoms with Crippen LogP contribution in [0.1, 0.15) is 10.4 Å². The van der Waals surface area contributed by atoms with Gasteiger partial charge in [0.15, 0.2) is 0 Å². The van der Waals surface area contributed by atoms with Crippen LogP contribution in [0.4, 0.5) is 5.69 Å². The molecule has 4 N–H and O–H groups in total. The van der Waals surface area contributed by atoms with Crippen LogP contribution in [0.15, 0.2) is 47.3 Å². The molecule has 0 atom stereocenters. The van der Waals surface area contributed by atoms with Gasteiger partial charge >= 0.3 is 11.7 Å². The maximum atomic E-state index is 12.1. The smallest absolute Gasteiger partial charge is 0.335 e. The number of hydrogen-bond donors (Lipinski definition) is 3. The van der Waals surface area contributed by atoms with Crippen LogP contribution in [0.2, 0.25) is 0 Å². The molecule has 0 aliphatic heterocycles. The Labute approximate surface area is 113 Å². The molecule has 0 unspecified atom stereocenters. The van der Waals surface area contributed by atoms with Gasteiger partial charge in [-0.3, -0.25) is 4.57 Å². The van der Waals surface area contributed by atoms with E-state index in [-0.39, 0.29) is 11.3 Å². The zero-order valence-corrected chi connectivity index (χ0v) is 10.3. The molecular weight excluding hydrogens is 258 g/mol. The lowest BCUT2D eigenvalue weighted by Gasteiger charge is -2.05. The average molecular weight is 269 g/mol. The van der Waals surface area contributed by atoms with Crippen LogP contribution in [0, 0.1) is 0 Å². The molecule has 3 aromatic rings. The molecule has 0 aliphatic carbocycles. The van der Waals surface area contributed by atoms with Gasteiger partial charge in [0.05, 0.1) is 22.3 Å². The number of carboxylic acid groups (broad SMARTS) is 1. The maximum Gasteiger partial charge on any atom is 0.335 e. The van der Waals surface area contributed by atoms with Crippen molar-refractivity contribution >= 4 is 22.7 Å². The van der Waals surface area contributed by atoms with Gasteiger partial charge < -0.3 is 15.8 Å². The van der Waals surface area contributed by atoms with E-state index < -0.39 is 5.97 Å². The minimum atomic E-state index is -1.04. The molecule has 20 heavy (non-hydrogen) atoms. The van der Waals surface area contributed by atoms with Crippen LogP contribution in [-0.2, 0) is 0 Å². The van der Waals surface area contributed by atoms with Gasteiger partial charge in [0.1, 0.15) is 0 Å². The topological polar surface area (TPSA) is 101 Å². The van der Waals surface area contributed by atoms with Crippen LogP contribution in [0.5, 0.6) is 0 Å². The van der Waals surface area contributed by atoms with Gasteiger partial charge in [-0.15, -0.1) is 0 Å². The minimum absolute atomic E-state index is 0.118. The number of hydrogen-bond acceptors (Lipinski definition) is 3. The lowest BCUT2D eigenvalue weighted by molar-refractivity contribution is 0.0697. The van der Waals surface area contributed by atoms with Crippen molar-refractivity contribution in [1.82, 2.24) is 9.55 Å². The monoisotopic (exact) mass is 269 g/mol. The molecule has 0 saturated carbocycles. The first-order valence-electron chi connectivity index (χ1n) is 5.90. The van der Waals surface area contributed by atoms with E-state index in [1.807, 2.05) is 0 Å². The number of anilines is 1. The zero-order chi connectivity index (χ0) is 14.3. The highest BCUT2D eigenvalue weighted by molar-refractivity contribution is 5.88. The first kappa shape index (κ1) is 12.0. The van der Waals surface area contributed by atoms with Gasteiger partial charge in [-0.05, 0) is 36.4 Å². The Morgan fingerprint density at radius 1 is 1.20 bits per heavy atom. The first-order valence-corrected chi connectivity index (χ1v) is 5.90. The molecule has 6 heteroatoms. The number of imidazole rings is 1. The molecule has 0 fully saturated rings. The van der Waals surface area contributed by atoms with E-state index in [9.17, 15) is 9.59 Å². The Kier molecular flexibility index (Phi) is 2.57. The second-order valence-electron chi connectivity index (χ2n) is 4.40. The molecule has 100 valence electrons. The fourth-order valence-electron chi connectivity index (χ4n) is 2.15. The summed E-state index contributed by atoms with van der Waals surface area (Å²) in [5, 5.41) is 9.02. The molecule has 0 spiro atoms. The van der Waals surface area contributed by atoms with E-state index in [4.69, 9.17) is 10.8 Å². The lowest BCUT2D eigenvalue weighted by atomic mass is 10.2.